The highest BCUT2D eigenvalue weighted by Gasteiger charge is 2.18. The lowest BCUT2D eigenvalue weighted by molar-refractivity contribution is 0.238. The smallest absolute Gasteiger partial charge is 0.217 e. The van der Waals surface area contributed by atoms with Gasteiger partial charge in [0.15, 0.2) is 4.77 Å². The molecule has 0 saturated carbocycles. The zero-order chi connectivity index (χ0) is 14.1. The summed E-state index contributed by atoms with van der Waals surface area (Å²) in [4.78, 5) is 13.0. The topological polar surface area (TPSA) is 44.8 Å². The van der Waals surface area contributed by atoms with E-state index in [1.807, 2.05) is 0 Å². The van der Waals surface area contributed by atoms with Gasteiger partial charge < -0.3 is 4.98 Å². The lowest BCUT2D eigenvalue weighted by Gasteiger charge is -2.28. The second kappa shape index (κ2) is 5.55. The predicted octanol–water partition coefficient (Wildman–Crippen LogP) is 2.88. The fourth-order valence-corrected chi connectivity index (χ4v) is 2.71. The first-order chi connectivity index (χ1) is 9.61. The van der Waals surface area contributed by atoms with Crippen molar-refractivity contribution in [1.29, 1.82) is 0 Å². The molecule has 2 aromatic rings. The Hall–Kier alpha value is -1.37. The highest BCUT2D eigenvalue weighted by atomic mass is 35.5. The molecule has 0 amide bonds. The first-order valence-corrected chi connectivity index (χ1v) is 7.00. The summed E-state index contributed by atoms with van der Waals surface area (Å²) in [7, 11) is 0. The maximum Gasteiger partial charge on any atom is 0.217 e. The van der Waals surface area contributed by atoms with E-state index in [-0.39, 0.29) is 0 Å². The highest BCUT2D eigenvalue weighted by molar-refractivity contribution is 7.71. The molecular weight excluding hydrogens is 299 g/mol. The standard InChI is InChI=1S/C13H12ClFN4S/c14-10-3-8(12(15)16-5-10)6-19-2-1-11-9(7-19)4-17-13(20)18-11/h3-5H,1-2,6-7H2,(H,17,18,20). The number of hydrogen-bond donors (Lipinski definition) is 1. The Bertz CT molecular complexity index is 703. The van der Waals surface area contributed by atoms with Crippen LogP contribution >= 0.6 is 23.8 Å². The number of halogens is 2. The number of H-pyrrole nitrogens is 1. The van der Waals surface area contributed by atoms with Gasteiger partial charge in [0.05, 0.1) is 5.02 Å². The van der Waals surface area contributed by atoms with Crippen LogP contribution in [0.4, 0.5) is 4.39 Å². The minimum Gasteiger partial charge on any atom is -0.334 e. The van der Waals surface area contributed by atoms with Gasteiger partial charge in [-0.3, -0.25) is 4.90 Å². The van der Waals surface area contributed by atoms with E-state index in [1.54, 1.807) is 12.3 Å². The molecule has 0 unspecified atom stereocenters. The molecule has 0 radical (unpaired) electrons. The summed E-state index contributed by atoms with van der Waals surface area (Å²) < 4.78 is 14.1. The molecular formula is C13H12ClFN4S. The van der Waals surface area contributed by atoms with Crippen molar-refractivity contribution < 1.29 is 4.39 Å². The number of aromatic amines is 1. The Morgan fingerprint density at radius 3 is 3.10 bits per heavy atom. The van der Waals surface area contributed by atoms with E-state index >= 15 is 0 Å². The van der Waals surface area contributed by atoms with Crippen LogP contribution in [0.1, 0.15) is 16.8 Å². The third-order valence-corrected chi connectivity index (χ3v) is 3.74. The van der Waals surface area contributed by atoms with Gasteiger partial charge in [-0.1, -0.05) is 11.6 Å². The van der Waals surface area contributed by atoms with Crippen molar-refractivity contribution in [2.45, 2.75) is 19.5 Å². The van der Waals surface area contributed by atoms with Gasteiger partial charge >= 0.3 is 0 Å². The van der Waals surface area contributed by atoms with Gasteiger partial charge in [-0.25, -0.2) is 9.97 Å². The molecule has 20 heavy (non-hydrogen) atoms. The molecule has 0 aliphatic carbocycles. The van der Waals surface area contributed by atoms with Gasteiger partial charge in [-0.2, -0.15) is 4.39 Å². The summed E-state index contributed by atoms with van der Waals surface area (Å²) in [6.45, 7) is 2.02. The third kappa shape index (κ3) is 2.87. The molecule has 0 bridgehead atoms. The Morgan fingerprint density at radius 1 is 1.40 bits per heavy atom. The maximum atomic E-state index is 13.6. The third-order valence-electron chi connectivity index (χ3n) is 3.33. The molecule has 0 atom stereocenters. The normalized spacial score (nSPS) is 15.1. The fraction of sp³-hybridized carbons (Fsp3) is 0.308. The number of hydrogen-bond acceptors (Lipinski definition) is 4. The predicted molar refractivity (Wildman–Crippen MR) is 76.4 cm³/mol. The van der Waals surface area contributed by atoms with Crippen molar-refractivity contribution in [1.82, 2.24) is 19.9 Å². The Labute approximate surface area is 125 Å². The van der Waals surface area contributed by atoms with E-state index in [0.717, 1.165) is 24.2 Å². The number of nitrogens with one attached hydrogen (secondary N) is 1. The van der Waals surface area contributed by atoms with Crippen molar-refractivity contribution in [3.8, 4) is 0 Å². The number of fused-ring (bicyclic) bond motifs is 1. The van der Waals surface area contributed by atoms with Crippen LogP contribution in [0.25, 0.3) is 0 Å². The summed E-state index contributed by atoms with van der Waals surface area (Å²) in [6.07, 6.45) is 3.94. The number of pyridine rings is 1. The molecule has 1 N–H and O–H groups in total. The molecule has 0 aromatic carbocycles. The van der Waals surface area contributed by atoms with Crippen LogP contribution in [0, 0.1) is 10.7 Å². The maximum absolute atomic E-state index is 13.6. The van der Waals surface area contributed by atoms with Crippen LogP contribution in [0.2, 0.25) is 5.02 Å². The minimum atomic E-state index is -0.467. The summed E-state index contributed by atoms with van der Waals surface area (Å²) >= 11 is 10.9. The molecule has 2 aromatic heterocycles. The number of aromatic nitrogens is 3. The minimum absolute atomic E-state index is 0.449. The van der Waals surface area contributed by atoms with E-state index < -0.39 is 5.95 Å². The number of nitrogens with zero attached hydrogens (tertiary/aromatic N) is 3. The zero-order valence-electron chi connectivity index (χ0n) is 10.6. The van der Waals surface area contributed by atoms with E-state index in [9.17, 15) is 4.39 Å². The quantitative estimate of drug-likeness (QED) is 0.684. The SMILES string of the molecule is Fc1ncc(Cl)cc1CN1CCc2[nH]c(=S)ncc2C1. The van der Waals surface area contributed by atoms with E-state index in [2.05, 4.69) is 19.9 Å². The van der Waals surface area contributed by atoms with Crippen molar-refractivity contribution in [2.24, 2.45) is 0 Å². The van der Waals surface area contributed by atoms with Gasteiger partial charge in [0.2, 0.25) is 5.95 Å². The molecule has 0 fully saturated rings. The van der Waals surface area contributed by atoms with Crippen LogP contribution < -0.4 is 0 Å². The molecule has 1 aliphatic heterocycles. The Morgan fingerprint density at radius 2 is 2.25 bits per heavy atom. The van der Waals surface area contributed by atoms with E-state index in [0.29, 0.717) is 28.4 Å². The molecule has 3 rings (SSSR count). The summed E-state index contributed by atoms with van der Waals surface area (Å²) in [5.74, 6) is -0.467. The van der Waals surface area contributed by atoms with Gasteiger partial charge in [0.1, 0.15) is 0 Å². The Balaban J connectivity index is 1.79. The van der Waals surface area contributed by atoms with Crippen molar-refractivity contribution >= 4 is 23.8 Å². The molecule has 4 nitrogen and oxygen atoms in total. The highest BCUT2D eigenvalue weighted by Crippen LogP contribution is 2.20. The monoisotopic (exact) mass is 310 g/mol. The first kappa shape index (κ1) is 13.6. The summed E-state index contributed by atoms with van der Waals surface area (Å²) in [6, 6.07) is 1.62. The largest absolute Gasteiger partial charge is 0.334 e. The van der Waals surface area contributed by atoms with Crippen LogP contribution in [-0.2, 0) is 19.5 Å². The first-order valence-electron chi connectivity index (χ1n) is 6.21. The van der Waals surface area contributed by atoms with Crippen LogP contribution in [0.15, 0.2) is 18.5 Å². The lowest BCUT2D eigenvalue weighted by Crippen LogP contribution is -2.31. The number of rotatable bonds is 2. The Kier molecular flexibility index (Phi) is 3.78. The van der Waals surface area contributed by atoms with Crippen LogP contribution in [0.5, 0.6) is 0 Å². The molecule has 7 heteroatoms. The average Bonchev–Trinajstić information content (AvgIpc) is 2.43. The molecule has 1 aliphatic rings. The second-order valence-electron chi connectivity index (χ2n) is 4.76. The zero-order valence-corrected chi connectivity index (χ0v) is 12.1. The van der Waals surface area contributed by atoms with Gasteiger partial charge in [0.25, 0.3) is 0 Å². The molecule has 0 saturated heterocycles. The van der Waals surface area contributed by atoms with Crippen molar-refractivity contribution in [2.75, 3.05) is 6.54 Å². The van der Waals surface area contributed by atoms with E-state index in [1.165, 1.54) is 6.20 Å². The fourth-order valence-electron chi connectivity index (χ4n) is 2.36. The average molecular weight is 311 g/mol. The van der Waals surface area contributed by atoms with Crippen LogP contribution in [0.3, 0.4) is 0 Å². The summed E-state index contributed by atoms with van der Waals surface area (Å²) in [5, 5.41) is 0.449. The van der Waals surface area contributed by atoms with E-state index in [4.69, 9.17) is 23.8 Å². The molecule has 104 valence electrons. The second-order valence-corrected chi connectivity index (χ2v) is 5.58. The van der Waals surface area contributed by atoms with Crippen LogP contribution in [-0.4, -0.2) is 26.4 Å². The molecule has 3 heterocycles. The van der Waals surface area contributed by atoms with Gasteiger partial charge in [0, 0.05) is 55.3 Å². The van der Waals surface area contributed by atoms with Gasteiger partial charge in [-0.05, 0) is 18.3 Å². The lowest BCUT2D eigenvalue weighted by atomic mass is 10.1. The van der Waals surface area contributed by atoms with Crippen molar-refractivity contribution in [3.63, 3.8) is 0 Å². The molecule has 0 spiro atoms. The van der Waals surface area contributed by atoms with Crippen molar-refractivity contribution in [3.05, 3.63) is 51.0 Å². The summed E-state index contributed by atoms with van der Waals surface area (Å²) in [5.41, 5.74) is 2.73. The van der Waals surface area contributed by atoms with Gasteiger partial charge in [-0.15, -0.1) is 0 Å².